The van der Waals surface area contributed by atoms with Gasteiger partial charge in [0.25, 0.3) is 0 Å². The van der Waals surface area contributed by atoms with Gasteiger partial charge in [-0.25, -0.2) is 9.97 Å². The predicted molar refractivity (Wildman–Crippen MR) is 140 cm³/mol. The van der Waals surface area contributed by atoms with E-state index in [4.69, 9.17) is 35.6 Å². The molecule has 10 heteroatoms. The number of hydrogen-bond acceptors (Lipinski definition) is 9. The van der Waals surface area contributed by atoms with Crippen molar-refractivity contribution in [2.24, 2.45) is 0 Å². The molecule has 0 saturated carbocycles. The number of benzene rings is 1. The Labute approximate surface area is 216 Å². The molecule has 3 aromatic rings. The Morgan fingerprint density at radius 3 is 2.75 bits per heavy atom. The summed E-state index contributed by atoms with van der Waals surface area (Å²) in [5.41, 5.74) is 3.89. The van der Waals surface area contributed by atoms with Gasteiger partial charge in [-0.3, -0.25) is 0 Å². The van der Waals surface area contributed by atoms with Gasteiger partial charge in [0.05, 0.1) is 28.1 Å². The Balaban J connectivity index is 1.76. The summed E-state index contributed by atoms with van der Waals surface area (Å²) >= 11 is 6.78. The first-order valence-corrected chi connectivity index (χ1v) is 12.6. The smallest absolute Gasteiger partial charge is 0.163 e. The lowest BCUT2D eigenvalue weighted by Crippen LogP contribution is -2.33. The molecule has 4 rings (SSSR count). The molecule has 3 heterocycles. The number of hydrogen-bond donors (Lipinski definition) is 3. The van der Waals surface area contributed by atoms with Crippen molar-refractivity contribution in [3.05, 3.63) is 40.2 Å². The van der Waals surface area contributed by atoms with Crippen LogP contribution < -0.4 is 15.4 Å². The normalized spacial score (nSPS) is 18.8. The quantitative estimate of drug-likeness (QED) is 0.383. The molecule has 194 valence electrons. The summed E-state index contributed by atoms with van der Waals surface area (Å²) in [6.07, 6.45) is 1.30. The monoisotopic (exact) mass is 515 g/mol. The van der Waals surface area contributed by atoms with Gasteiger partial charge in [0, 0.05) is 30.3 Å². The second-order valence-electron chi connectivity index (χ2n) is 9.26. The minimum absolute atomic E-state index is 0.109. The van der Waals surface area contributed by atoms with Crippen LogP contribution in [0, 0.1) is 20.8 Å². The molecule has 0 radical (unpaired) electrons. The first-order chi connectivity index (χ1) is 17.3. The lowest BCUT2D eigenvalue weighted by molar-refractivity contribution is 0.0231. The fourth-order valence-electron chi connectivity index (χ4n) is 4.44. The number of rotatable bonds is 9. The predicted octanol–water partition coefficient (Wildman–Crippen LogP) is 4.32. The van der Waals surface area contributed by atoms with Crippen LogP contribution in [0.5, 0.6) is 5.75 Å². The minimum atomic E-state index is -0.658. The fraction of sp³-hybridized carbons (Fsp3) is 0.500. The molecule has 0 spiro atoms. The summed E-state index contributed by atoms with van der Waals surface area (Å²) in [7, 11) is 1.77. The zero-order valence-corrected chi connectivity index (χ0v) is 22.1. The number of likely N-dealkylation sites (N-methyl/N-ethyl adjacent to an activating group) is 1. The van der Waals surface area contributed by atoms with Crippen LogP contribution in [0.2, 0.25) is 5.02 Å². The van der Waals surface area contributed by atoms with E-state index in [-0.39, 0.29) is 18.8 Å². The van der Waals surface area contributed by atoms with Crippen LogP contribution in [0.3, 0.4) is 0 Å². The molecule has 9 nitrogen and oxygen atoms in total. The van der Waals surface area contributed by atoms with Crippen LogP contribution in [-0.2, 0) is 4.74 Å². The Kier molecular flexibility index (Phi) is 8.46. The highest BCUT2D eigenvalue weighted by molar-refractivity contribution is 6.34. The van der Waals surface area contributed by atoms with Gasteiger partial charge < -0.3 is 29.7 Å². The molecule has 3 unspecified atom stereocenters. The molecular formula is C26H34ClN5O4. The lowest BCUT2D eigenvalue weighted by Gasteiger charge is -2.29. The van der Waals surface area contributed by atoms with Gasteiger partial charge in [-0.2, -0.15) is 0 Å². The minimum Gasteiger partial charge on any atom is -0.489 e. The number of nitrogens with zero attached hydrogens (tertiary/aromatic N) is 3. The van der Waals surface area contributed by atoms with Crippen molar-refractivity contribution in [3.63, 3.8) is 0 Å². The van der Waals surface area contributed by atoms with E-state index in [0.717, 1.165) is 41.2 Å². The second kappa shape index (κ2) is 11.6. The Morgan fingerprint density at radius 2 is 2.06 bits per heavy atom. The molecule has 1 aliphatic rings. The highest BCUT2D eigenvalue weighted by Crippen LogP contribution is 2.38. The molecular weight excluding hydrogens is 482 g/mol. The van der Waals surface area contributed by atoms with Crippen molar-refractivity contribution in [2.45, 2.75) is 58.8 Å². The maximum absolute atomic E-state index is 10.0. The summed E-state index contributed by atoms with van der Waals surface area (Å²) in [5, 5.41) is 21.1. The highest BCUT2D eigenvalue weighted by Gasteiger charge is 2.25. The lowest BCUT2D eigenvalue weighted by atomic mass is 10.0. The zero-order chi connectivity index (χ0) is 25.8. The standard InChI is InChI=1S/C26H34ClN5O4/c1-14-11-18(9-10-34-14)29-25-15(2)24(22-16(3)32-36-17(22)4)30-26(31-25)20-7-6-8-21(23(20)27)35-13-19(33)12-28-5/h6-8,14,18-19,28,33H,9-13H2,1-5H3,(H,29,30,31). The summed E-state index contributed by atoms with van der Waals surface area (Å²) < 4.78 is 17.0. The molecule has 1 aliphatic heterocycles. The number of aromatic nitrogens is 3. The van der Waals surface area contributed by atoms with Crippen molar-refractivity contribution in [1.82, 2.24) is 20.4 Å². The summed E-state index contributed by atoms with van der Waals surface area (Å²) in [6, 6.07) is 5.70. The van der Waals surface area contributed by atoms with Crippen molar-refractivity contribution >= 4 is 17.4 Å². The number of nitrogens with one attached hydrogen (secondary N) is 2. The van der Waals surface area contributed by atoms with Gasteiger partial charge in [-0.05, 0) is 59.7 Å². The summed E-state index contributed by atoms with van der Waals surface area (Å²) in [5.74, 6) is 2.35. The average molecular weight is 516 g/mol. The highest BCUT2D eigenvalue weighted by atomic mass is 35.5. The molecule has 1 saturated heterocycles. The molecule has 3 atom stereocenters. The average Bonchev–Trinajstić information content (AvgIpc) is 3.18. The van der Waals surface area contributed by atoms with Gasteiger partial charge in [-0.15, -0.1) is 0 Å². The fourth-order valence-corrected chi connectivity index (χ4v) is 4.71. The number of aliphatic hydroxyl groups is 1. The molecule has 1 fully saturated rings. The first kappa shape index (κ1) is 26.3. The Morgan fingerprint density at radius 1 is 1.25 bits per heavy atom. The first-order valence-electron chi connectivity index (χ1n) is 12.2. The molecule has 0 amide bonds. The van der Waals surface area contributed by atoms with E-state index >= 15 is 0 Å². The van der Waals surface area contributed by atoms with Crippen LogP contribution in [0.15, 0.2) is 22.7 Å². The van der Waals surface area contributed by atoms with E-state index in [1.54, 1.807) is 13.1 Å². The van der Waals surface area contributed by atoms with Crippen LogP contribution >= 0.6 is 11.6 Å². The van der Waals surface area contributed by atoms with Crippen LogP contribution in [0.1, 0.15) is 36.8 Å². The van der Waals surface area contributed by atoms with Crippen LogP contribution in [0.25, 0.3) is 22.6 Å². The van der Waals surface area contributed by atoms with Gasteiger partial charge >= 0.3 is 0 Å². The third-order valence-electron chi connectivity index (χ3n) is 6.32. The van der Waals surface area contributed by atoms with Gasteiger partial charge in [0.15, 0.2) is 5.82 Å². The van der Waals surface area contributed by atoms with Crippen LogP contribution in [0.4, 0.5) is 5.82 Å². The second-order valence-corrected chi connectivity index (χ2v) is 9.63. The van der Waals surface area contributed by atoms with Gasteiger partial charge in [0.1, 0.15) is 30.0 Å². The summed E-state index contributed by atoms with van der Waals surface area (Å²) in [6.45, 7) is 9.09. The molecule has 36 heavy (non-hydrogen) atoms. The number of aliphatic hydroxyl groups excluding tert-OH is 1. The zero-order valence-electron chi connectivity index (χ0n) is 21.4. The number of aryl methyl sites for hydroxylation is 2. The topological polar surface area (TPSA) is 115 Å². The van der Waals surface area contributed by atoms with E-state index in [2.05, 4.69) is 22.7 Å². The molecule has 3 N–H and O–H groups in total. The van der Waals surface area contributed by atoms with E-state index in [1.165, 1.54) is 0 Å². The summed E-state index contributed by atoms with van der Waals surface area (Å²) in [4.78, 5) is 9.83. The maximum atomic E-state index is 10.0. The third-order valence-corrected chi connectivity index (χ3v) is 6.71. The largest absolute Gasteiger partial charge is 0.489 e. The molecule has 1 aromatic carbocycles. The van der Waals surface area contributed by atoms with E-state index in [0.29, 0.717) is 41.1 Å². The molecule has 0 aliphatic carbocycles. The van der Waals surface area contributed by atoms with Crippen molar-refractivity contribution in [2.75, 3.05) is 32.1 Å². The molecule has 2 aromatic heterocycles. The number of halogens is 1. The van der Waals surface area contributed by atoms with E-state index in [1.807, 2.05) is 32.9 Å². The van der Waals surface area contributed by atoms with Crippen molar-refractivity contribution < 1.29 is 19.1 Å². The molecule has 0 bridgehead atoms. The van der Waals surface area contributed by atoms with E-state index < -0.39 is 6.10 Å². The Bertz CT molecular complexity index is 1180. The Hall–Kier alpha value is -2.72. The van der Waals surface area contributed by atoms with Crippen molar-refractivity contribution in [1.29, 1.82) is 0 Å². The number of ether oxygens (including phenoxy) is 2. The van der Waals surface area contributed by atoms with E-state index in [9.17, 15) is 5.11 Å². The van der Waals surface area contributed by atoms with Crippen molar-refractivity contribution in [3.8, 4) is 28.4 Å². The van der Waals surface area contributed by atoms with Gasteiger partial charge in [0.2, 0.25) is 0 Å². The number of anilines is 1. The maximum Gasteiger partial charge on any atom is 0.163 e. The van der Waals surface area contributed by atoms with Gasteiger partial charge in [-0.1, -0.05) is 22.8 Å². The SMILES string of the molecule is CNCC(O)COc1cccc(-c2nc(NC3CCOC(C)C3)c(C)c(-c3c(C)noc3C)n2)c1Cl. The third kappa shape index (κ3) is 5.81. The van der Waals surface area contributed by atoms with Crippen LogP contribution in [-0.4, -0.2) is 65.3 Å².